The maximum atomic E-state index is 12.6. The van der Waals surface area contributed by atoms with Gasteiger partial charge in [0.1, 0.15) is 18.2 Å². The molecular formula is C31H49NO9. The highest BCUT2D eigenvalue weighted by molar-refractivity contribution is 5.77. The molecule has 1 N–H and O–H groups in total. The number of hydrogen-bond acceptors (Lipinski definition) is 10. The zero-order valence-electron chi connectivity index (χ0n) is 25.9. The van der Waals surface area contributed by atoms with Crippen LogP contribution in [0.1, 0.15) is 92.6 Å². The summed E-state index contributed by atoms with van der Waals surface area (Å²) in [6, 6.07) is 4.05. The van der Waals surface area contributed by atoms with Crippen molar-refractivity contribution in [1.82, 2.24) is 5.32 Å². The molecule has 41 heavy (non-hydrogen) atoms. The quantitative estimate of drug-likeness (QED) is 0.169. The Morgan fingerprint density at radius 3 is 1.90 bits per heavy atom. The van der Waals surface area contributed by atoms with Crippen LogP contribution >= 0.6 is 0 Å². The Bertz CT molecular complexity index is 980. The van der Waals surface area contributed by atoms with Gasteiger partial charge in [-0.05, 0) is 56.2 Å². The molecule has 0 aliphatic heterocycles. The Hall–Kier alpha value is -3.14. The van der Waals surface area contributed by atoms with E-state index in [0.29, 0.717) is 5.56 Å². The summed E-state index contributed by atoms with van der Waals surface area (Å²) < 4.78 is 26.7. The van der Waals surface area contributed by atoms with Crippen molar-refractivity contribution in [2.45, 2.75) is 112 Å². The van der Waals surface area contributed by atoms with Gasteiger partial charge in [0.2, 0.25) is 0 Å². The molecule has 232 valence electrons. The lowest BCUT2D eigenvalue weighted by Gasteiger charge is -2.21. The monoisotopic (exact) mass is 579 g/mol. The summed E-state index contributed by atoms with van der Waals surface area (Å²) in [6.07, 6.45) is 2.29. The lowest BCUT2D eigenvalue weighted by atomic mass is 10.0. The van der Waals surface area contributed by atoms with Gasteiger partial charge in [-0.15, -0.1) is 0 Å². The number of ether oxygens (including phenoxy) is 5. The van der Waals surface area contributed by atoms with E-state index in [4.69, 9.17) is 23.7 Å². The van der Waals surface area contributed by atoms with Gasteiger partial charge in [-0.25, -0.2) is 4.79 Å². The normalized spacial score (nSPS) is 14.6. The topological polar surface area (TPSA) is 126 Å². The zero-order chi connectivity index (χ0) is 30.9. The maximum Gasteiger partial charge on any atom is 0.508 e. The molecule has 5 atom stereocenters. The third kappa shape index (κ3) is 14.4. The summed E-state index contributed by atoms with van der Waals surface area (Å²) in [7, 11) is 1.28. The van der Waals surface area contributed by atoms with E-state index in [0.717, 1.165) is 25.7 Å². The number of esters is 3. The van der Waals surface area contributed by atoms with Crippen molar-refractivity contribution in [3.63, 3.8) is 0 Å². The smallest absolute Gasteiger partial charge is 0.468 e. The van der Waals surface area contributed by atoms with Crippen LogP contribution in [0.15, 0.2) is 18.2 Å². The highest BCUT2D eigenvalue weighted by Gasteiger charge is 2.24. The van der Waals surface area contributed by atoms with Gasteiger partial charge in [0.15, 0.2) is 11.5 Å². The summed E-state index contributed by atoms with van der Waals surface area (Å²) in [4.78, 5) is 49.6. The summed E-state index contributed by atoms with van der Waals surface area (Å²) >= 11 is 0. The number of nitrogens with one attached hydrogen (secondary N) is 1. The lowest BCUT2D eigenvalue weighted by molar-refractivity contribution is -0.143. The van der Waals surface area contributed by atoms with Crippen LogP contribution in [0.5, 0.6) is 11.5 Å². The van der Waals surface area contributed by atoms with Crippen LogP contribution in [0, 0.1) is 11.8 Å². The van der Waals surface area contributed by atoms with Crippen molar-refractivity contribution < 1.29 is 42.9 Å². The Kier molecular flexibility index (Phi) is 16.7. The van der Waals surface area contributed by atoms with Crippen molar-refractivity contribution in [2.24, 2.45) is 11.8 Å². The molecule has 0 aromatic heterocycles. The first-order valence-corrected chi connectivity index (χ1v) is 14.6. The van der Waals surface area contributed by atoms with Gasteiger partial charge in [0, 0.05) is 19.4 Å². The number of benzene rings is 1. The van der Waals surface area contributed by atoms with Crippen LogP contribution in [0.2, 0.25) is 0 Å². The Morgan fingerprint density at radius 1 is 0.805 bits per heavy atom. The third-order valence-electron chi connectivity index (χ3n) is 6.75. The van der Waals surface area contributed by atoms with Gasteiger partial charge in [-0.1, -0.05) is 59.9 Å². The fourth-order valence-corrected chi connectivity index (χ4v) is 3.82. The average Bonchev–Trinajstić information content (AvgIpc) is 2.91. The standard InChI is InChI=1S/C31H49NO9/c1-9-12-22(6)38-31(36)39-23(7)19-32-25(30(35)37-8)17-24-13-14-26(40-28(33)15-20(4)10-2)27(18-24)41-29(34)16-21(5)11-3/h13-14,18,20-23,25,32H,9-12,15-17,19H2,1-8H3/t20?,21?,22?,23?,25-/m0/s1. The van der Waals surface area contributed by atoms with E-state index >= 15 is 0 Å². The Morgan fingerprint density at radius 2 is 1.37 bits per heavy atom. The Balaban J connectivity index is 3.03. The van der Waals surface area contributed by atoms with Crippen LogP contribution in [0.4, 0.5) is 4.79 Å². The molecule has 0 aliphatic carbocycles. The van der Waals surface area contributed by atoms with Gasteiger partial charge in [0.05, 0.1) is 7.11 Å². The molecule has 0 amide bonds. The van der Waals surface area contributed by atoms with Gasteiger partial charge >= 0.3 is 24.1 Å². The summed E-state index contributed by atoms with van der Waals surface area (Å²) in [5.41, 5.74) is 0.641. The predicted octanol–water partition coefficient (Wildman–Crippen LogP) is 5.77. The predicted molar refractivity (Wildman–Crippen MR) is 155 cm³/mol. The highest BCUT2D eigenvalue weighted by atomic mass is 16.7. The largest absolute Gasteiger partial charge is 0.508 e. The molecule has 1 rings (SSSR count). The number of rotatable bonds is 18. The number of methoxy groups -OCH3 is 1. The van der Waals surface area contributed by atoms with Crippen molar-refractivity contribution >= 4 is 24.1 Å². The molecule has 4 unspecified atom stereocenters. The average molecular weight is 580 g/mol. The van der Waals surface area contributed by atoms with E-state index in [1.165, 1.54) is 7.11 Å². The van der Waals surface area contributed by atoms with Gasteiger partial charge in [-0.2, -0.15) is 0 Å². The van der Waals surface area contributed by atoms with Crippen LogP contribution in [-0.4, -0.2) is 56.0 Å². The molecule has 0 heterocycles. The number of carbonyl (C=O) groups is 4. The van der Waals surface area contributed by atoms with Crippen LogP contribution in [0.25, 0.3) is 0 Å². The van der Waals surface area contributed by atoms with Crippen molar-refractivity contribution in [3.8, 4) is 11.5 Å². The zero-order valence-corrected chi connectivity index (χ0v) is 25.9. The van der Waals surface area contributed by atoms with Crippen molar-refractivity contribution in [2.75, 3.05) is 13.7 Å². The minimum absolute atomic E-state index is 0.109. The molecule has 10 heteroatoms. The van der Waals surface area contributed by atoms with E-state index < -0.39 is 36.2 Å². The fraction of sp³-hybridized carbons (Fsp3) is 0.677. The molecule has 10 nitrogen and oxygen atoms in total. The molecule has 0 saturated carbocycles. The SMILES string of the molecule is CCCC(C)OC(=O)OC(C)CN[C@@H](Cc1ccc(OC(=O)CC(C)CC)c(OC(=O)CC(C)CC)c1)C(=O)OC. The second-order valence-corrected chi connectivity index (χ2v) is 10.7. The highest BCUT2D eigenvalue weighted by Crippen LogP contribution is 2.31. The third-order valence-corrected chi connectivity index (χ3v) is 6.75. The fourth-order valence-electron chi connectivity index (χ4n) is 3.82. The second kappa shape index (κ2) is 19.1. The van der Waals surface area contributed by atoms with E-state index in [9.17, 15) is 19.2 Å². The maximum absolute atomic E-state index is 12.6. The molecular weight excluding hydrogens is 530 g/mol. The van der Waals surface area contributed by atoms with E-state index in [1.807, 2.05) is 34.6 Å². The van der Waals surface area contributed by atoms with Crippen molar-refractivity contribution in [1.29, 1.82) is 0 Å². The van der Waals surface area contributed by atoms with E-state index in [1.54, 1.807) is 32.0 Å². The summed E-state index contributed by atoms with van der Waals surface area (Å²) in [5.74, 6) is -0.848. The Labute approximate surface area is 244 Å². The molecule has 0 bridgehead atoms. The van der Waals surface area contributed by atoms with Crippen molar-refractivity contribution in [3.05, 3.63) is 23.8 Å². The lowest BCUT2D eigenvalue weighted by Crippen LogP contribution is -2.43. The summed E-state index contributed by atoms with van der Waals surface area (Å²) in [5, 5.41) is 3.07. The number of carbonyl (C=O) groups excluding carboxylic acids is 4. The molecule has 0 spiro atoms. The minimum atomic E-state index is -0.788. The second-order valence-electron chi connectivity index (χ2n) is 10.7. The first-order chi connectivity index (χ1) is 19.4. The molecule has 0 radical (unpaired) electrons. The molecule has 1 aromatic carbocycles. The molecule has 0 aliphatic rings. The van der Waals surface area contributed by atoms with Crippen LogP contribution in [-0.2, 0) is 35.0 Å². The molecule has 0 fully saturated rings. The van der Waals surface area contributed by atoms with Gasteiger partial charge in [-0.3, -0.25) is 14.4 Å². The number of hydrogen-bond donors (Lipinski definition) is 1. The van der Waals surface area contributed by atoms with Gasteiger partial charge < -0.3 is 29.0 Å². The van der Waals surface area contributed by atoms with Gasteiger partial charge in [0.25, 0.3) is 0 Å². The van der Waals surface area contributed by atoms with Crippen LogP contribution < -0.4 is 14.8 Å². The first-order valence-electron chi connectivity index (χ1n) is 14.6. The molecule has 1 aromatic rings. The summed E-state index contributed by atoms with van der Waals surface area (Å²) in [6.45, 7) is 13.5. The van der Waals surface area contributed by atoms with E-state index in [2.05, 4.69) is 5.32 Å². The first kappa shape index (κ1) is 35.9. The van der Waals surface area contributed by atoms with E-state index in [-0.39, 0.29) is 55.2 Å². The van der Waals surface area contributed by atoms with Crippen LogP contribution in [0.3, 0.4) is 0 Å². The minimum Gasteiger partial charge on any atom is -0.468 e. The molecule has 0 saturated heterocycles.